The summed E-state index contributed by atoms with van der Waals surface area (Å²) in [4.78, 5) is 0. The van der Waals surface area contributed by atoms with Crippen LogP contribution < -0.4 is 10.2 Å². The Bertz CT molecular complexity index is 710. The van der Waals surface area contributed by atoms with Crippen LogP contribution in [0.4, 0.5) is 0 Å². The second kappa shape index (κ2) is 5.51. The molecule has 0 aliphatic carbocycles. The van der Waals surface area contributed by atoms with E-state index in [1.165, 1.54) is 0 Å². The molecular weight excluding hydrogens is 295 g/mol. The van der Waals surface area contributed by atoms with Crippen molar-refractivity contribution in [3.8, 4) is 5.75 Å². The van der Waals surface area contributed by atoms with Crippen LogP contribution in [0.3, 0.4) is 0 Å². The lowest BCUT2D eigenvalue weighted by Crippen LogP contribution is -2.41. The molecule has 1 aliphatic heterocycles. The molecule has 2 aromatic rings. The molecular formula is C16H23BN2O4. The van der Waals surface area contributed by atoms with Crippen molar-refractivity contribution in [1.29, 1.82) is 0 Å². The zero-order valence-corrected chi connectivity index (χ0v) is 14.5. The van der Waals surface area contributed by atoms with Crippen LogP contribution in [0.5, 0.6) is 5.75 Å². The maximum atomic E-state index is 6.16. The third-order valence-corrected chi connectivity index (χ3v) is 4.59. The van der Waals surface area contributed by atoms with E-state index in [2.05, 4.69) is 5.10 Å². The molecule has 1 saturated heterocycles. The first-order valence-corrected chi connectivity index (χ1v) is 7.68. The molecule has 1 fully saturated rings. The Labute approximate surface area is 136 Å². The van der Waals surface area contributed by atoms with Gasteiger partial charge >= 0.3 is 7.12 Å². The lowest BCUT2D eigenvalue weighted by atomic mass is 9.78. The number of fused-ring (bicyclic) bond motifs is 1. The van der Waals surface area contributed by atoms with E-state index in [0.717, 1.165) is 16.4 Å². The van der Waals surface area contributed by atoms with Gasteiger partial charge in [-0.1, -0.05) is 0 Å². The van der Waals surface area contributed by atoms with Crippen LogP contribution in [-0.4, -0.2) is 42.0 Å². The summed E-state index contributed by atoms with van der Waals surface area (Å²) in [6.45, 7) is 8.29. The van der Waals surface area contributed by atoms with Gasteiger partial charge < -0.3 is 18.8 Å². The second-order valence-corrected chi connectivity index (χ2v) is 6.89. The average Bonchev–Trinajstić information content (AvgIpc) is 2.90. The standard InChI is InChI=1S/C16H23BN2O4/c1-15(2)16(3,4)23-17(22-15)12-7-11-9-19(5)18-13(11)8-14(12)21-10-20-6/h7-9H,10H2,1-6H3. The molecule has 0 spiro atoms. The van der Waals surface area contributed by atoms with Crippen LogP contribution in [0.1, 0.15) is 27.7 Å². The van der Waals surface area contributed by atoms with E-state index in [1.54, 1.807) is 11.8 Å². The van der Waals surface area contributed by atoms with Gasteiger partial charge in [0, 0.05) is 37.3 Å². The Balaban J connectivity index is 2.04. The molecule has 7 heteroatoms. The van der Waals surface area contributed by atoms with Gasteiger partial charge in [-0.15, -0.1) is 0 Å². The normalized spacial score (nSPS) is 19.5. The van der Waals surface area contributed by atoms with Gasteiger partial charge in [0.15, 0.2) is 6.79 Å². The maximum Gasteiger partial charge on any atom is 0.498 e. The zero-order valence-electron chi connectivity index (χ0n) is 14.5. The van der Waals surface area contributed by atoms with Crippen molar-refractivity contribution in [2.24, 2.45) is 7.05 Å². The van der Waals surface area contributed by atoms with Crippen LogP contribution in [0.15, 0.2) is 18.3 Å². The summed E-state index contributed by atoms with van der Waals surface area (Å²) in [5.74, 6) is 0.663. The molecule has 0 N–H and O–H groups in total. The molecule has 2 heterocycles. The fourth-order valence-corrected chi connectivity index (χ4v) is 2.60. The lowest BCUT2D eigenvalue weighted by Gasteiger charge is -2.32. The fraction of sp³-hybridized carbons (Fsp3) is 0.562. The van der Waals surface area contributed by atoms with Gasteiger partial charge in [-0.25, -0.2) is 0 Å². The number of aryl methyl sites for hydroxylation is 1. The first-order chi connectivity index (χ1) is 10.7. The third kappa shape index (κ3) is 2.84. The van der Waals surface area contributed by atoms with Gasteiger partial charge in [-0.2, -0.15) is 5.10 Å². The van der Waals surface area contributed by atoms with Crippen LogP contribution >= 0.6 is 0 Å². The zero-order chi connectivity index (χ0) is 16.8. The van der Waals surface area contributed by atoms with E-state index < -0.39 is 18.3 Å². The summed E-state index contributed by atoms with van der Waals surface area (Å²) in [6.07, 6.45) is 1.96. The number of nitrogens with zero attached hydrogens (tertiary/aromatic N) is 2. The number of methoxy groups -OCH3 is 1. The van der Waals surface area contributed by atoms with Crippen molar-refractivity contribution in [3.63, 3.8) is 0 Å². The molecule has 124 valence electrons. The predicted molar refractivity (Wildman–Crippen MR) is 88.9 cm³/mol. The van der Waals surface area contributed by atoms with Crippen molar-refractivity contribution < 1.29 is 18.8 Å². The van der Waals surface area contributed by atoms with E-state index in [9.17, 15) is 0 Å². The summed E-state index contributed by atoms with van der Waals surface area (Å²) in [6, 6.07) is 3.91. The molecule has 1 aromatic carbocycles. The number of ether oxygens (including phenoxy) is 2. The monoisotopic (exact) mass is 318 g/mol. The summed E-state index contributed by atoms with van der Waals surface area (Å²) in [7, 11) is 2.99. The fourth-order valence-electron chi connectivity index (χ4n) is 2.60. The maximum absolute atomic E-state index is 6.16. The Morgan fingerprint density at radius 3 is 2.43 bits per heavy atom. The van der Waals surface area contributed by atoms with Crippen LogP contribution in [0, 0.1) is 0 Å². The van der Waals surface area contributed by atoms with Crippen LogP contribution in [-0.2, 0) is 21.1 Å². The lowest BCUT2D eigenvalue weighted by molar-refractivity contribution is 0.00578. The largest absolute Gasteiger partial charge is 0.498 e. The van der Waals surface area contributed by atoms with Crippen LogP contribution in [0.25, 0.3) is 10.9 Å². The minimum atomic E-state index is -0.489. The Hall–Kier alpha value is -1.57. The van der Waals surface area contributed by atoms with E-state index in [4.69, 9.17) is 18.8 Å². The third-order valence-electron chi connectivity index (χ3n) is 4.59. The van der Waals surface area contributed by atoms with Crippen molar-refractivity contribution in [2.45, 2.75) is 38.9 Å². The summed E-state index contributed by atoms with van der Waals surface area (Å²) in [5.41, 5.74) is 0.903. The van der Waals surface area contributed by atoms with Crippen molar-refractivity contribution in [2.75, 3.05) is 13.9 Å². The molecule has 3 rings (SSSR count). The average molecular weight is 318 g/mol. The van der Waals surface area contributed by atoms with E-state index in [1.807, 2.05) is 53.1 Å². The van der Waals surface area contributed by atoms with Crippen molar-refractivity contribution >= 4 is 23.5 Å². The highest BCUT2D eigenvalue weighted by Gasteiger charge is 2.52. The molecule has 1 aromatic heterocycles. The van der Waals surface area contributed by atoms with Gasteiger partial charge in [0.2, 0.25) is 0 Å². The number of hydrogen-bond donors (Lipinski definition) is 0. The molecule has 0 bridgehead atoms. The number of aromatic nitrogens is 2. The van der Waals surface area contributed by atoms with E-state index >= 15 is 0 Å². The number of rotatable bonds is 4. The molecule has 1 aliphatic rings. The first kappa shape index (κ1) is 16.3. The van der Waals surface area contributed by atoms with Gasteiger partial charge in [-0.05, 0) is 33.8 Å². The predicted octanol–water partition coefficient (Wildman–Crippen LogP) is 1.86. The Morgan fingerprint density at radius 2 is 1.83 bits per heavy atom. The Kier molecular flexibility index (Phi) is 3.90. The summed E-state index contributed by atoms with van der Waals surface area (Å²) >= 11 is 0. The molecule has 0 unspecified atom stereocenters. The summed E-state index contributed by atoms with van der Waals surface area (Å²) in [5, 5.41) is 5.44. The topological polar surface area (TPSA) is 54.7 Å². The molecule has 0 atom stereocenters. The van der Waals surface area contributed by atoms with Crippen molar-refractivity contribution in [3.05, 3.63) is 18.3 Å². The second-order valence-electron chi connectivity index (χ2n) is 6.89. The van der Waals surface area contributed by atoms with Crippen LogP contribution in [0.2, 0.25) is 0 Å². The SMILES string of the molecule is COCOc1cc2nn(C)cc2cc1B1OC(C)(C)C(C)(C)O1. The summed E-state index contributed by atoms with van der Waals surface area (Å²) < 4.78 is 24.8. The highest BCUT2D eigenvalue weighted by Crippen LogP contribution is 2.37. The first-order valence-electron chi connectivity index (χ1n) is 7.68. The number of benzene rings is 1. The van der Waals surface area contributed by atoms with E-state index in [0.29, 0.717) is 5.75 Å². The molecule has 6 nitrogen and oxygen atoms in total. The Morgan fingerprint density at radius 1 is 1.17 bits per heavy atom. The van der Waals surface area contributed by atoms with E-state index in [-0.39, 0.29) is 6.79 Å². The minimum Gasteiger partial charge on any atom is -0.468 e. The number of hydrogen-bond acceptors (Lipinski definition) is 5. The van der Waals surface area contributed by atoms with Gasteiger partial charge in [0.25, 0.3) is 0 Å². The molecule has 23 heavy (non-hydrogen) atoms. The minimum absolute atomic E-state index is 0.158. The van der Waals surface area contributed by atoms with Gasteiger partial charge in [-0.3, -0.25) is 4.68 Å². The van der Waals surface area contributed by atoms with Crippen molar-refractivity contribution in [1.82, 2.24) is 9.78 Å². The van der Waals surface area contributed by atoms with Gasteiger partial charge in [0.1, 0.15) is 5.75 Å². The highest BCUT2D eigenvalue weighted by atomic mass is 16.7. The molecule has 0 radical (unpaired) electrons. The smallest absolute Gasteiger partial charge is 0.468 e. The molecule has 0 amide bonds. The quantitative estimate of drug-likeness (QED) is 0.636. The molecule has 0 saturated carbocycles. The highest BCUT2D eigenvalue weighted by molar-refractivity contribution is 6.63. The van der Waals surface area contributed by atoms with Gasteiger partial charge in [0.05, 0.1) is 16.7 Å².